The Labute approximate surface area is 53.8 Å². The maximum absolute atomic E-state index is 3.78. The Bertz CT molecular complexity index is 202. The van der Waals surface area contributed by atoms with Crippen LogP contribution in [-0.2, 0) is 6.42 Å². The molecule has 0 aliphatic heterocycles. The lowest BCUT2D eigenvalue weighted by Gasteiger charge is -1.86. The topological polar surface area (TPSA) is 41.6 Å². The van der Waals surface area contributed by atoms with Gasteiger partial charge >= 0.3 is 0 Å². The third-order valence-electron chi connectivity index (χ3n) is 1.17. The van der Waals surface area contributed by atoms with Crippen LogP contribution in [0.15, 0.2) is 12.7 Å². The number of aromatic nitrogens is 3. The molecule has 0 aliphatic rings. The molecular weight excluding hydrogens is 114 g/mol. The summed E-state index contributed by atoms with van der Waals surface area (Å²) in [7, 11) is 0. The van der Waals surface area contributed by atoms with Gasteiger partial charge in [-0.25, -0.2) is 0 Å². The number of hydrogen-bond donors (Lipinski definition) is 1. The van der Waals surface area contributed by atoms with Crippen LogP contribution in [0.1, 0.15) is 11.4 Å². The fourth-order valence-electron chi connectivity index (χ4n) is 0.639. The van der Waals surface area contributed by atoms with Gasteiger partial charge in [0.15, 0.2) is 0 Å². The number of allylic oxidation sites excluding steroid dienone is 1. The van der Waals surface area contributed by atoms with E-state index in [0.717, 1.165) is 17.8 Å². The largest absolute Gasteiger partial charge is 0.262 e. The monoisotopic (exact) mass is 123 g/mol. The minimum atomic E-state index is 0.818. The van der Waals surface area contributed by atoms with Crippen molar-refractivity contribution in [3.8, 4) is 0 Å². The molecule has 0 spiro atoms. The first-order chi connectivity index (χ1) is 4.34. The second-order valence-electron chi connectivity index (χ2n) is 1.87. The molecule has 0 amide bonds. The number of H-pyrrole nitrogens is 1. The molecule has 1 aromatic rings. The minimum absolute atomic E-state index is 0.818. The molecule has 1 heterocycles. The molecular formula is C6H9N3. The van der Waals surface area contributed by atoms with E-state index in [4.69, 9.17) is 0 Å². The molecule has 0 radical (unpaired) electrons. The average Bonchev–Trinajstić information content (AvgIpc) is 2.18. The Morgan fingerprint density at radius 1 is 1.78 bits per heavy atom. The maximum atomic E-state index is 3.78. The van der Waals surface area contributed by atoms with Crippen LogP contribution < -0.4 is 0 Å². The zero-order valence-electron chi connectivity index (χ0n) is 5.39. The molecule has 9 heavy (non-hydrogen) atoms. The van der Waals surface area contributed by atoms with E-state index in [2.05, 4.69) is 22.0 Å². The summed E-state index contributed by atoms with van der Waals surface area (Å²) in [5, 5.41) is 10.2. The van der Waals surface area contributed by atoms with Crippen LogP contribution in [0.3, 0.4) is 0 Å². The molecule has 0 aromatic carbocycles. The first-order valence-electron chi connectivity index (χ1n) is 2.82. The van der Waals surface area contributed by atoms with Crippen molar-refractivity contribution >= 4 is 0 Å². The SMILES string of the molecule is C=CCc1[nH]nnc1C. The fraction of sp³-hybridized carbons (Fsp3) is 0.333. The summed E-state index contributed by atoms with van der Waals surface area (Å²) in [6.45, 7) is 5.52. The molecule has 0 aliphatic carbocycles. The molecule has 1 rings (SSSR count). The number of aryl methyl sites for hydroxylation is 1. The van der Waals surface area contributed by atoms with E-state index in [1.165, 1.54) is 0 Å². The molecule has 1 N–H and O–H groups in total. The quantitative estimate of drug-likeness (QED) is 0.592. The van der Waals surface area contributed by atoms with Crippen molar-refractivity contribution in [1.82, 2.24) is 15.4 Å². The van der Waals surface area contributed by atoms with Gasteiger partial charge in [0.05, 0.1) is 11.4 Å². The van der Waals surface area contributed by atoms with Gasteiger partial charge in [0.2, 0.25) is 0 Å². The van der Waals surface area contributed by atoms with E-state index in [0.29, 0.717) is 0 Å². The predicted molar refractivity (Wildman–Crippen MR) is 35.0 cm³/mol. The van der Waals surface area contributed by atoms with E-state index in [1.54, 1.807) is 0 Å². The lowest BCUT2D eigenvalue weighted by atomic mass is 10.3. The van der Waals surface area contributed by atoms with E-state index in [9.17, 15) is 0 Å². The molecule has 3 nitrogen and oxygen atoms in total. The van der Waals surface area contributed by atoms with Gasteiger partial charge in [-0.1, -0.05) is 11.3 Å². The van der Waals surface area contributed by atoms with Gasteiger partial charge in [-0.3, -0.25) is 5.10 Å². The van der Waals surface area contributed by atoms with Crippen LogP contribution >= 0.6 is 0 Å². The summed E-state index contributed by atoms with van der Waals surface area (Å²) in [6.07, 6.45) is 2.64. The van der Waals surface area contributed by atoms with Crippen LogP contribution in [0.4, 0.5) is 0 Å². The first kappa shape index (κ1) is 6.01. The third kappa shape index (κ3) is 1.16. The molecule has 0 unspecified atom stereocenters. The number of hydrogen-bond acceptors (Lipinski definition) is 2. The lowest BCUT2D eigenvalue weighted by molar-refractivity contribution is 0.915. The summed E-state index contributed by atoms with van der Waals surface area (Å²) in [6, 6.07) is 0. The third-order valence-corrected chi connectivity index (χ3v) is 1.17. The number of aromatic amines is 1. The Kier molecular flexibility index (Phi) is 1.63. The second-order valence-corrected chi connectivity index (χ2v) is 1.87. The Balaban J connectivity index is 2.80. The Hall–Kier alpha value is -1.12. The standard InChI is InChI=1S/C6H9N3/c1-3-4-6-5(2)7-9-8-6/h3H,1,4H2,2H3,(H,7,8,9). The van der Waals surface area contributed by atoms with Crippen molar-refractivity contribution in [3.05, 3.63) is 24.0 Å². The predicted octanol–water partition coefficient (Wildman–Crippen LogP) is 0.842. The smallest absolute Gasteiger partial charge is 0.0828 e. The van der Waals surface area contributed by atoms with E-state index in [-0.39, 0.29) is 0 Å². The summed E-state index contributed by atoms with van der Waals surface area (Å²) < 4.78 is 0. The van der Waals surface area contributed by atoms with Crippen LogP contribution in [0.25, 0.3) is 0 Å². The molecule has 0 saturated carbocycles. The van der Waals surface area contributed by atoms with Gasteiger partial charge < -0.3 is 0 Å². The van der Waals surface area contributed by atoms with Crippen molar-refractivity contribution in [2.45, 2.75) is 13.3 Å². The van der Waals surface area contributed by atoms with Gasteiger partial charge in [0, 0.05) is 6.42 Å². The first-order valence-corrected chi connectivity index (χ1v) is 2.82. The van der Waals surface area contributed by atoms with Crippen molar-refractivity contribution in [1.29, 1.82) is 0 Å². The second kappa shape index (κ2) is 2.44. The molecule has 0 saturated heterocycles. The summed E-state index contributed by atoms with van der Waals surface area (Å²) >= 11 is 0. The zero-order chi connectivity index (χ0) is 6.69. The maximum Gasteiger partial charge on any atom is 0.0828 e. The van der Waals surface area contributed by atoms with Crippen LogP contribution in [-0.4, -0.2) is 15.4 Å². The fourth-order valence-corrected chi connectivity index (χ4v) is 0.639. The molecule has 3 heteroatoms. The number of nitrogens with zero attached hydrogens (tertiary/aromatic N) is 2. The molecule has 0 bridgehead atoms. The van der Waals surface area contributed by atoms with Gasteiger partial charge in [-0.2, -0.15) is 0 Å². The highest BCUT2D eigenvalue weighted by atomic mass is 15.3. The zero-order valence-corrected chi connectivity index (χ0v) is 5.39. The highest BCUT2D eigenvalue weighted by Gasteiger charge is 1.96. The van der Waals surface area contributed by atoms with E-state index >= 15 is 0 Å². The number of nitrogens with one attached hydrogen (secondary N) is 1. The number of rotatable bonds is 2. The normalized spacial score (nSPS) is 9.44. The molecule has 0 fully saturated rings. The highest BCUT2D eigenvalue weighted by molar-refractivity contribution is 5.08. The van der Waals surface area contributed by atoms with E-state index < -0.39 is 0 Å². The summed E-state index contributed by atoms with van der Waals surface area (Å²) in [5.74, 6) is 0. The average molecular weight is 123 g/mol. The lowest BCUT2D eigenvalue weighted by Crippen LogP contribution is -1.83. The molecule has 48 valence electrons. The minimum Gasteiger partial charge on any atom is -0.262 e. The van der Waals surface area contributed by atoms with Gasteiger partial charge in [-0.05, 0) is 6.92 Å². The summed E-state index contributed by atoms with van der Waals surface area (Å²) in [5.41, 5.74) is 2.00. The molecule has 0 atom stereocenters. The van der Waals surface area contributed by atoms with Crippen LogP contribution in [0.2, 0.25) is 0 Å². The van der Waals surface area contributed by atoms with Gasteiger partial charge in [-0.15, -0.1) is 11.7 Å². The van der Waals surface area contributed by atoms with Crippen molar-refractivity contribution in [2.75, 3.05) is 0 Å². The van der Waals surface area contributed by atoms with Crippen molar-refractivity contribution < 1.29 is 0 Å². The van der Waals surface area contributed by atoms with Crippen LogP contribution in [0, 0.1) is 6.92 Å². The highest BCUT2D eigenvalue weighted by Crippen LogP contribution is 1.98. The van der Waals surface area contributed by atoms with Gasteiger partial charge in [0.25, 0.3) is 0 Å². The van der Waals surface area contributed by atoms with E-state index in [1.807, 2.05) is 13.0 Å². The van der Waals surface area contributed by atoms with Crippen LogP contribution in [0.5, 0.6) is 0 Å². The Morgan fingerprint density at radius 2 is 2.56 bits per heavy atom. The van der Waals surface area contributed by atoms with Crippen molar-refractivity contribution in [3.63, 3.8) is 0 Å². The van der Waals surface area contributed by atoms with Crippen molar-refractivity contribution in [2.24, 2.45) is 0 Å². The molecule has 1 aromatic heterocycles. The summed E-state index contributed by atoms with van der Waals surface area (Å²) in [4.78, 5) is 0. The van der Waals surface area contributed by atoms with Gasteiger partial charge in [0.1, 0.15) is 0 Å². The Morgan fingerprint density at radius 3 is 3.00 bits per heavy atom.